The Morgan fingerprint density at radius 3 is 2.57 bits per heavy atom. The lowest BCUT2D eigenvalue weighted by atomic mass is 9.92. The van der Waals surface area contributed by atoms with Crippen LogP contribution >= 0.6 is 0 Å². The fourth-order valence-electron chi connectivity index (χ4n) is 4.28. The number of carbonyl (C=O) groups is 1. The van der Waals surface area contributed by atoms with Crippen LogP contribution in [0.25, 0.3) is 16.7 Å². The maximum Gasteiger partial charge on any atom is 0.324 e. The van der Waals surface area contributed by atoms with Crippen LogP contribution in [0.15, 0.2) is 54.9 Å². The van der Waals surface area contributed by atoms with Gasteiger partial charge in [-0.1, -0.05) is 20.8 Å². The van der Waals surface area contributed by atoms with Gasteiger partial charge in [0.2, 0.25) is 0 Å². The van der Waals surface area contributed by atoms with Gasteiger partial charge in [-0.2, -0.15) is 5.10 Å². The van der Waals surface area contributed by atoms with Gasteiger partial charge >= 0.3 is 6.03 Å². The lowest BCUT2D eigenvalue weighted by Crippen LogP contribution is -2.44. The van der Waals surface area contributed by atoms with E-state index in [1.54, 1.807) is 6.33 Å². The van der Waals surface area contributed by atoms with E-state index in [2.05, 4.69) is 56.8 Å². The standard InChI is InChI=1S/C27H34N8O2/c1-27(2,3)24-17-25(33-32-24)31-26(36)30-19-4-6-20(7-5-19)35-18-29-22-16-21(8-9-23(22)35)37-15-14-34-12-10-28-11-13-34/h4-9,16-18,28H,10-15H2,1-3H3,(H3,30,31,32,33,36). The smallest absolute Gasteiger partial charge is 0.324 e. The Kier molecular flexibility index (Phi) is 7.11. The second-order valence-corrected chi connectivity index (χ2v) is 10.2. The molecular formula is C27H34N8O2. The maximum absolute atomic E-state index is 12.4. The van der Waals surface area contributed by atoms with Gasteiger partial charge in [0.25, 0.3) is 0 Å². The summed E-state index contributed by atoms with van der Waals surface area (Å²) >= 11 is 0. The summed E-state index contributed by atoms with van der Waals surface area (Å²) in [5.41, 5.74) is 4.27. The molecule has 0 saturated carbocycles. The number of benzene rings is 2. The van der Waals surface area contributed by atoms with E-state index in [9.17, 15) is 4.79 Å². The number of rotatable bonds is 7. The number of nitrogens with zero attached hydrogens (tertiary/aromatic N) is 4. The van der Waals surface area contributed by atoms with Crippen LogP contribution in [0.2, 0.25) is 0 Å². The molecule has 37 heavy (non-hydrogen) atoms. The number of hydrogen-bond donors (Lipinski definition) is 4. The lowest BCUT2D eigenvalue weighted by molar-refractivity contribution is 0.191. The molecule has 0 atom stereocenters. The van der Waals surface area contributed by atoms with Crippen LogP contribution in [0.1, 0.15) is 26.5 Å². The number of anilines is 2. The number of aromatic amines is 1. The number of urea groups is 1. The first kappa shape index (κ1) is 24.8. The van der Waals surface area contributed by atoms with Crippen LogP contribution in [0.3, 0.4) is 0 Å². The number of H-pyrrole nitrogens is 1. The molecule has 2 amide bonds. The van der Waals surface area contributed by atoms with E-state index in [1.165, 1.54) is 0 Å². The summed E-state index contributed by atoms with van der Waals surface area (Å²) in [6.45, 7) is 12.0. The number of piperazine rings is 1. The summed E-state index contributed by atoms with van der Waals surface area (Å²) in [5.74, 6) is 1.38. The van der Waals surface area contributed by atoms with E-state index in [0.717, 1.165) is 60.9 Å². The molecule has 2 aromatic heterocycles. The average molecular weight is 503 g/mol. The third kappa shape index (κ3) is 6.10. The van der Waals surface area contributed by atoms with Crippen molar-refractivity contribution in [2.75, 3.05) is 50.0 Å². The number of ether oxygens (including phenoxy) is 1. The normalized spacial score (nSPS) is 14.6. The van der Waals surface area contributed by atoms with Crippen LogP contribution in [0.5, 0.6) is 5.75 Å². The number of nitrogens with one attached hydrogen (secondary N) is 4. The van der Waals surface area contributed by atoms with Crippen LogP contribution < -0.4 is 20.7 Å². The summed E-state index contributed by atoms with van der Waals surface area (Å²) in [7, 11) is 0. The predicted octanol–water partition coefficient (Wildman–Crippen LogP) is 3.97. The van der Waals surface area contributed by atoms with E-state index in [0.29, 0.717) is 18.1 Å². The SMILES string of the molecule is CC(C)(C)c1cc(NC(=O)Nc2ccc(-n3cnc4cc(OCCN5CCNCC5)ccc43)cc2)[nH]n1. The fraction of sp³-hybridized carbons (Fsp3) is 0.370. The zero-order valence-electron chi connectivity index (χ0n) is 21.5. The molecule has 1 aliphatic rings. The molecule has 1 aliphatic heterocycles. The quantitative estimate of drug-likeness (QED) is 0.304. The minimum atomic E-state index is -0.338. The van der Waals surface area contributed by atoms with E-state index >= 15 is 0 Å². The molecule has 0 unspecified atom stereocenters. The zero-order chi connectivity index (χ0) is 25.8. The second kappa shape index (κ2) is 10.6. The molecule has 1 fully saturated rings. The maximum atomic E-state index is 12.4. The summed E-state index contributed by atoms with van der Waals surface area (Å²) in [6, 6.07) is 15.1. The number of carbonyl (C=O) groups excluding carboxylic acids is 1. The number of aromatic nitrogens is 4. The number of imidazole rings is 1. The molecule has 10 nitrogen and oxygen atoms in total. The van der Waals surface area contributed by atoms with Gasteiger partial charge in [0.15, 0.2) is 0 Å². The topological polar surface area (TPSA) is 112 Å². The molecule has 4 N–H and O–H groups in total. The molecular weight excluding hydrogens is 468 g/mol. The molecule has 0 aliphatic carbocycles. The summed E-state index contributed by atoms with van der Waals surface area (Å²) < 4.78 is 8.00. The Morgan fingerprint density at radius 1 is 1.05 bits per heavy atom. The van der Waals surface area contributed by atoms with E-state index in [-0.39, 0.29) is 11.4 Å². The van der Waals surface area contributed by atoms with Gasteiger partial charge in [-0.05, 0) is 36.4 Å². The van der Waals surface area contributed by atoms with Gasteiger partial charge in [-0.25, -0.2) is 9.78 Å². The molecule has 1 saturated heterocycles. The van der Waals surface area contributed by atoms with Crippen molar-refractivity contribution in [3.63, 3.8) is 0 Å². The molecule has 2 aromatic carbocycles. The monoisotopic (exact) mass is 502 g/mol. The van der Waals surface area contributed by atoms with Crippen LogP contribution in [-0.4, -0.2) is 70.0 Å². The Labute approximate surface area is 216 Å². The fourth-order valence-corrected chi connectivity index (χ4v) is 4.28. The van der Waals surface area contributed by atoms with Crippen molar-refractivity contribution in [3.8, 4) is 11.4 Å². The van der Waals surface area contributed by atoms with Crippen molar-refractivity contribution in [2.24, 2.45) is 0 Å². The lowest BCUT2D eigenvalue weighted by Gasteiger charge is -2.26. The second-order valence-electron chi connectivity index (χ2n) is 10.2. The van der Waals surface area contributed by atoms with Gasteiger partial charge < -0.3 is 15.4 Å². The predicted molar refractivity (Wildman–Crippen MR) is 146 cm³/mol. The summed E-state index contributed by atoms with van der Waals surface area (Å²) in [5, 5.41) is 16.1. The molecule has 4 aromatic rings. The Hall–Kier alpha value is -3.89. The number of amides is 2. The van der Waals surface area contributed by atoms with E-state index in [1.807, 2.05) is 53.1 Å². The molecule has 0 spiro atoms. The highest BCUT2D eigenvalue weighted by atomic mass is 16.5. The Bertz CT molecular complexity index is 1350. The van der Waals surface area contributed by atoms with Gasteiger partial charge in [-0.3, -0.25) is 19.9 Å². The van der Waals surface area contributed by atoms with Gasteiger partial charge in [0.1, 0.15) is 24.5 Å². The first-order valence-electron chi connectivity index (χ1n) is 12.6. The van der Waals surface area contributed by atoms with E-state index in [4.69, 9.17) is 4.74 Å². The van der Waals surface area contributed by atoms with Crippen LogP contribution in [-0.2, 0) is 5.41 Å². The van der Waals surface area contributed by atoms with Gasteiger partial charge in [0.05, 0.1) is 16.7 Å². The highest BCUT2D eigenvalue weighted by molar-refractivity contribution is 5.99. The van der Waals surface area contributed by atoms with Crippen molar-refractivity contribution < 1.29 is 9.53 Å². The first-order valence-corrected chi connectivity index (χ1v) is 12.6. The number of hydrogen-bond acceptors (Lipinski definition) is 6. The average Bonchev–Trinajstić information content (AvgIpc) is 3.52. The highest BCUT2D eigenvalue weighted by Gasteiger charge is 2.18. The Morgan fingerprint density at radius 2 is 1.84 bits per heavy atom. The molecule has 10 heteroatoms. The first-order chi connectivity index (χ1) is 17.8. The van der Waals surface area contributed by atoms with Crippen LogP contribution in [0.4, 0.5) is 16.3 Å². The van der Waals surface area contributed by atoms with Gasteiger partial charge in [0, 0.05) is 61.6 Å². The molecule has 3 heterocycles. The molecule has 0 bridgehead atoms. The highest BCUT2D eigenvalue weighted by Crippen LogP contribution is 2.24. The minimum Gasteiger partial charge on any atom is -0.492 e. The summed E-state index contributed by atoms with van der Waals surface area (Å²) in [4.78, 5) is 19.4. The number of fused-ring (bicyclic) bond motifs is 1. The molecule has 5 rings (SSSR count). The zero-order valence-corrected chi connectivity index (χ0v) is 21.5. The van der Waals surface area contributed by atoms with Crippen molar-refractivity contribution in [1.82, 2.24) is 30.0 Å². The van der Waals surface area contributed by atoms with Crippen molar-refractivity contribution in [3.05, 3.63) is 60.6 Å². The third-order valence-corrected chi connectivity index (χ3v) is 6.40. The largest absolute Gasteiger partial charge is 0.492 e. The van der Waals surface area contributed by atoms with Crippen LogP contribution in [0, 0.1) is 0 Å². The van der Waals surface area contributed by atoms with Gasteiger partial charge in [-0.15, -0.1) is 0 Å². The van der Waals surface area contributed by atoms with Crippen molar-refractivity contribution >= 4 is 28.6 Å². The summed E-state index contributed by atoms with van der Waals surface area (Å²) in [6.07, 6.45) is 1.80. The minimum absolute atomic E-state index is 0.0975. The Balaban J connectivity index is 1.18. The van der Waals surface area contributed by atoms with E-state index < -0.39 is 0 Å². The molecule has 0 radical (unpaired) electrons. The van der Waals surface area contributed by atoms with Crippen molar-refractivity contribution in [2.45, 2.75) is 26.2 Å². The molecule has 194 valence electrons. The van der Waals surface area contributed by atoms with Crippen molar-refractivity contribution in [1.29, 1.82) is 0 Å². The third-order valence-electron chi connectivity index (χ3n) is 6.40.